The lowest BCUT2D eigenvalue weighted by Gasteiger charge is -2.27. The van der Waals surface area contributed by atoms with Crippen LogP contribution in [0.3, 0.4) is 0 Å². The van der Waals surface area contributed by atoms with Crippen molar-refractivity contribution in [3.05, 3.63) is 88.5 Å². The molecular formula is C32H42N2O2. The van der Waals surface area contributed by atoms with Crippen LogP contribution in [0.25, 0.3) is 0 Å². The number of fused-ring (bicyclic) bond motifs is 1. The molecule has 0 spiro atoms. The molecule has 0 amide bonds. The molecule has 4 heteroatoms. The van der Waals surface area contributed by atoms with Gasteiger partial charge in [-0.3, -0.25) is 0 Å². The van der Waals surface area contributed by atoms with Crippen molar-refractivity contribution in [1.29, 1.82) is 0 Å². The summed E-state index contributed by atoms with van der Waals surface area (Å²) in [6.07, 6.45) is 8.86. The molecule has 0 bridgehead atoms. The number of phenolic OH excluding ortho intramolecular Hbond substituents is 1. The van der Waals surface area contributed by atoms with E-state index in [2.05, 4.69) is 66.1 Å². The van der Waals surface area contributed by atoms with Crippen molar-refractivity contribution in [1.82, 2.24) is 5.32 Å². The molecule has 1 atom stereocenters. The standard InChI is InChI=1S/C32H42N2O2/c1-3-4-18-33-20-17-25-9-7-24(8-10-25)6-5-19-34-32-23-30(36-2)15-16-31(32)28-12-11-27-22-29(35)14-13-26(27)21-28/h7-10,13-16,22-23,28,33-35H,3-6,11-12,17-21H2,1-2H3. The SMILES string of the molecule is CCCCNCCc1ccc(CCCNc2cc(OC)ccc2C2CCc3cc(O)ccc3C2)cc1. The van der Waals surface area contributed by atoms with Crippen molar-refractivity contribution in [3.8, 4) is 11.5 Å². The molecule has 3 aromatic carbocycles. The van der Waals surface area contributed by atoms with E-state index in [1.54, 1.807) is 7.11 Å². The second kappa shape index (κ2) is 13.4. The largest absolute Gasteiger partial charge is 0.508 e. The van der Waals surface area contributed by atoms with Gasteiger partial charge in [-0.15, -0.1) is 0 Å². The van der Waals surface area contributed by atoms with E-state index in [-0.39, 0.29) is 0 Å². The Balaban J connectivity index is 1.30. The van der Waals surface area contributed by atoms with E-state index in [1.165, 1.54) is 46.3 Å². The summed E-state index contributed by atoms with van der Waals surface area (Å²) in [6.45, 7) is 5.34. The zero-order valence-electron chi connectivity index (χ0n) is 22.0. The summed E-state index contributed by atoms with van der Waals surface area (Å²) in [6, 6.07) is 21.4. The predicted octanol–water partition coefficient (Wildman–Crippen LogP) is 6.65. The fraction of sp³-hybridized carbons (Fsp3) is 0.438. The molecule has 1 unspecified atom stereocenters. The molecule has 3 N–H and O–H groups in total. The number of nitrogens with one attached hydrogen (secondary N) is 2. The molecule has 0 fully saturated rings. The number of phenols is 1. The molecule has 192 valence electrons. The number of aryl methyl sites for hydroxylation is 2. The monoisotopic (exact) mass is 486 g/mol. The molecule has 0 aliphatic heterocycles. The van der Waals surface area contributed by atoms with E-state index in [0.717, 1.165) is 63.9 Å². The van der Waals surface area contributed by atoms with E-state index >= 15 is 0 Å². The zero-order chi connectivity index (χ0) is 25.2. The molecule has 0 aromatic heterocycles. The summed E-state index contributed by atoms with van der Waals surface area (Å²) in [5.74, 6) is 1.73. The zero-order valence-corrected chi connectivity index (χ0v) is 22.0. The van der Waals surface area contributed by atoms with Crippen molar-refractivity contribution in [2.45, 2.75) is 64.2 Å². The number of rotatable bonds is 13. The summed E-state index contributed by atoms with van der Waals surface area (Å²) in [4.78, 5) is 0. The Kier molecular flexibility index (Phi) is 9.68. The van der Waals surface area contributed by atoms with E-state index in [4.69, 9.17) is 4.74 Å². The fourth-order valence-electron chi connectivity index (χ4n) is 5.23. The van der Waals surface area contributed by atoms with Crippen LogP contribution in [0.15, 0.2) is 60.7 Å². The highest BCUT2D eigenvalue weighted by Gasteiger charge is 2.23. The molecule has 36 heavy (non-hydrogen) atoms. The van der Waals surface area contributed by atoms with Crippen molar-refractivity contribution < 1.29 is 9.84 Å². The lowest BCUT2D eigenvalue weighted by atomic mass is 9.79. The minimum absolute atomic E-state index is 0.369. The minimum Gasteiger partial charge on any atom is -0.508 e. The Morgan fingerprint density at radius 1 is 0.861 bits per heavy atom. The smallest absolute Gasteiger partial charge is 0.120 e. The molecule has 1 aliphatic rings. The minimum atomic E-state index is 0.369. The first-order chi connectivity index (χ1) is 17.7. The lowest BCUT2D eigenvalue weighted by Crippen LogP contribution is -2.18. The number of hydrogen-bond acceptors (Lipinski definition) is 4. The quantitative estimate of drug-likeness (QED) is 0.237. The van der Waals surface area contributed by atoms with Gasteiger partial charge in [0.05, 0.1) is 7.11 Å². The lowest BCUT2D eigenvalue weighted by molar-refractivity contribution is 0.414. The van der Waals surface area contributed by atoms with Gasteiger partial charge < -0.3 is 20.5 Å². The number of hydrogen-bond donors (Lipinski definition) is 3. The Labute approximate surface area is 217 Å². The fourth-order valence-corrected chi connectivity index (χ4v) is 5.23. The van der Waals surface area contributed by atoms with Crippen LogP contribution in [0.2, 0.25) is 0 Å². The summed E-state index contributed by atoms with van der Waals surface area (Å²) >= 11 is 0. The van der Waals surface area contributed by atoms with Crippen LogP contribution in [-0.2, 0) is 25.7 Å². The number of unbranched alkanes of at least 4 members (excludes halogenated alkanes) is 1. The van der Waals surface area contributed by atoms with Crippen LogP contribution in [0.4, 0.5) is 5.69 Å². The van der Waals surface area contributed by atoms with Crippen LogP contribution < -0.4 is 15.4 Å². The van der Waals surface area contributed by atoms with Crippen LogP contribution in [0.1, 0.15) is 66.3 Å². The van der Waals surface area contributed by atoms with Crippen molar-refractivity contribution in [2.24, 2.45) is 0 Å². The molecule has 0 saturated heterocycles. The Morgan fingerprint density at radius 3 is 2.44 bits per heavy atom. The van der Waals surface area contributed by atoms with Gasteiger partial charge in [0, 0.05) is 18.3 Å². The predicted molar refractivity (Wildman–Crippen MR) is 151 cm³/mol. The number of ether oxygens (including phenoxy) is 1. The third-order valence-corrected chi connectivity index (χ3v) is 7.40. The normalized spacial score (nSPS) is 14.9. The van der Waals surface area contributed by atoms with Crippen molar-refractivity contribution >= 4 is 5.69 Å². The average Bonchev–Trinajstić information content (AvgIpc) is 2.91. The highest BCUT2D eigenvalue weighted by molar-refractivity contribution is 5.57. The number of anilines is 1. The van der Waals surface area contributed by atoms with Gasteiger partial charge >= 0.3 is 0 Å². The van der Waals surface area contributed by atoms with Crippen molar-refractivity contribution in [2.75, 3.05) is 32.1 Å². The first-order valence-corrected chi connectivity index (χ1v) is 13.7. The van der Waals surface area contributed by atoms with Crippen LogP contribution in [-0.4, -0.2) is 31.9 Å². The average molecular weight is 487 g/mol. The van der Waals surface area contributed by atoms with Gasteiger partial charge in [-0.25, -0.2) is 0 Å². The summed E-state index contributed by atoms with van der Waals surface area (Å²) in [5.41, 5.74) is 8.00. The molecule has 1 aliphatic carbocycles. The maximum absolute atomic E-state index is 9.82. The highest BCUT2D eigenvalue weighted by Crippen LogP contribution is 2.38. The highest BCUT2D eigenvalue weighted by atomic mass is 16.5. The Morgan fingerprint density at radius 2 is 1.67 bits per heavy atom. The molecule has 4 rings (SSSR count). The third kappa shape index (κ3) is 7.27. The Bertz CT molecular complexity index is 1090. The number of methoxy groups -OCH3 is 1. The van der Waals surface area contributed by atoms with Gasteiger partial charge in [-0.2, -0.15) is 0 Å². The molecular weight excluding hydrogens is 444 g/mol. The topological polar surface area (TPSA) is 53.5 Å². The first kappa shape index (κ1) is 26.1. The number of aromatic hydroxyl groups is 1. The molecule has 0 radical (unpaired) electrons. The second-order valence-corrected chi connectivity index (χ2v) is 10.0. The van der Waals surface area contributed by atoms with Gasteiger partial charge in [0.2, 0.25) is 0 Å². The Hall–Kier alpha value is -2.98. The maximum atomic E-state index is 9.82. The van der Waals surface area contributed by atoms with Crippen molar-refractivity contribution in [3.63, 3.8) is 0 Å². The first-order valence-electron chi connectivity index (χ1n) is 13.7. The van der Waals surface area contributed by atoms with E-state index in [1.807, 2.05) is 12.1 Å². The van der Waals surface area contributed by atoms with Gasteiger partial charge in [-0.1, -0.05) is 49.7 Å². The summed E-state index contributed by atoms with van der Waals surface area (Å²) in [5, 5.41) is 17.1. The van der Waals surface area contributed by atoms with Crippen LogP contribution in [0, 0.1) is 0 Å². The van der Waals surface area contributed by atoms with Crippen LogP contribution in [0.5, 0.6) is 11.5 Å². The number of benzene rings is 3. The molecule has 0 heterocycles. The van der Waals surface area contributed by atoms with Gasteiger partial charge in [0.15, 0.2) is 0 Å². The van der Waals surface area contributed by atoms with E-state index < -0.39 is 0 Å². The van der Waals surface area contributed by atoms with E-state index in [9.17, 15) is 5.11 Å². The van der Waals surface area contributed by atoms with Gasteiger partial charge in [-0.05, 0) is 110 Å². The summed E-state index contributed by atoms with van der Waals surface area (Å²) in [7, 11) is 1.73. The van der Waals surface area contributed by atoms with Crippen LogP contribution >= 0.6 is 0 Å². The molecule has 3 aromatic rings. The molecule has 0 saturated carbocycles. The second-order valence-electron chi connectivity index (χ2n) is 10.0. The van der Waals surface area contributed by atoms with E-state index in [0.29, 0.717) is 11.7 Å². The third-order valence-electron chi connectivity index (χ3n) is 7.40. The van der Waals surface area contributed by atoms with Gasteiger partial charge in [0.25, 0.3) is 0 Å². The van der Waals surface area contributed by atoms with Gasteiger partial charge in [0.1, 0.15) is 11.5 Å². The molecule has 4 nitrogen and oxygen atoms in total. The summed E-state index contributed by atoms with van der Waals surface area (Å²) < 4.78 is 5.53. The maximum Gasteiger partial charge on any atom is 0.120 e.